The van der Waals surface area contributed by atoms with Crippen LogP contribution in [-0.4, -0.2) is 41.7 Å². The van der Waals surface area contributed by atoms with Gasteiger partial charge in [-0.2, -0.15) is 0 Å². The molecule has 202 valence electrons. The van der Waals surface area contributed by atoms with Crippen LogP contribution in [0.3, 0.4) is 0 Å². The van der Waals surface area contributed by atoms with Crippen molar-refractivity contribution in [3.8, 4) is 11.5 Å². The van der Waals surface area contributed by atoms with Gasteiger partial charge >= 0.3 is 4.87 Å². The van der Waals surface area contributed by atoms with Crippen molar-refractivity contribution in [3.63, 3.8) is 0 Å². The van der Waals surface area contributed by atoms with Crippen LogP contribution >= 0.6 is 23.1 Å². The Labute approximate surface area is 237 Å². The summed E-state index contributed by atoms with van der Waals surface area (Å²) in [6, 6.07) is 22.9. The summed E-state index contributed by atoms with van der Waals surface area (Å²) in [5, 5.41) is 2.72. The lowest BCUT2D eigenvalue weighted by Gasteiger charge is -2.29. The number of methoxy groups -OCH3 is 1. The number of fused-ring (bicyclic) bond motifs is 2. The molecule has 9 nitrogen and oxygen atoms in total. The Kier molecular flexibility index (Phi) is 6.91. The Bertz CT molecular complexity index is 1630. The molecule has 0 saturated carbocycles. The predicted octanol–water partition coefficient (Wildman–Crippen LogP) is 4.26. The second kappa shape index (κ2) is 10.7. The van der Waals surface area contributed by atoms with Gasteiger partial charge in [0.05, 0.1) is 23.7 Å². The molecule has 3 heterocycles. The van der Waals surface area contributed by atoms with Gasteiger partial charge in [0.1, 0.15) is 16.7 Å². The van der Waals surface area contributed by atoms with E-state index >= 15 is 0 Å². The van der Waals surface area contributed by atoms with Gasteiger partial charge < -0.3 is 19.8 Å². The quantitative estimate of drug-likeness (QED) is 0.317. The first-order valence-electron chi connectivity index (χ1n) is 12.4. The summed E-state index contributed by atoms with van der Waals surface area (Å²) in [5.74, 6) is -0.900. The highest BCUT2D eigenvalue weighted by Crippen LogP contribution is 2.53. The predicted molar refractivity (Wildman–Crippen MR) is 152 cm³/mol. The number of imide groups is 1. The molecular weight excluding hydrogens is 550 g/mol. The summed E-state index contributed by atoms with van der Waals surface area (Å²) >= 11 is 2.30. The fraction of sp³-hybridized carbons (Fsp3) is 0.172. The minimum absolute atomic E-state index is 0.196. The van der Waals surface area contributed by atoms with Gasteiger partial charge in [-0.25, -0.2) is 4.90 Å². The maximum Gasteiger partial charge on any atom is 0.305 e. The van der Waals surface area contributed by atoms with Crippen LogP contribution in [-0.2, 0) is 14.4 Å². The summed E-state index contributed by atoms with van der Waals surface area (Å²) in [6.45, 7) is -0.196. The minimum atomic E-state index is -0.668. The molecule has 0 unspecified atom stereocenters. The molecule has 11 heteroatoms. The van der Waals surface area contributed by atoms with Gasteiger partial charge in [-0.3, -0.25) is 19.2 Å². The zero-order valence-electron chi connectivity index (χ0n) is 21.2. The maximum absolute atomic E-state index is 13.7. The van der Waals surface area contributed by atoms with E-state index in [0.717, 1.165) is 21.8 Å². The summed E-state index contributed by atoms with van der Waals surface area (Å²) < 4.78 is 10.8. The molecule has 3 amide bonds. The third-order valence-electron chi connectivity index (χ3n) is 6.82. The third kappa shape index (κ3) is 4.78. The monoisotopic (exact) mass is 573 g/mol. The fourth-order valence-electron chi connectivity index (χ4n) is 5.00. The van der Waals surface area contributed by atoms with E-state index in [9.17, 15) is 19.2 Å². The van der Waals surface area contributed by atoms with E-state index in [0.29, 0.717) is 27.9 Å². The van der Waals surface area contributed by atoms with Crippen molar-refractivity contribution in [1.29, 1.82) is 0 Å². The SMILES string of the molecule is COc1ccc(NC(=O)COc2ccc([C@@H]3c4sc(=O)[nH]c4S[C@H]4C(=O)N(c5ccccc5)C(=O)[C@@H]34)cc2)cc1. The van der Waals surface area contributed by atoms with E-state index in [1.165, 1.54) is 16.7 Å². The number of para-hydroxylation sites is 1. The number of hydrogen-bond donors (Lipinski definition) is 2. The molecule has 2 aliphatic heterocycles. The van der Waals surface area contributed by atoms with Crippen LogP contribution in [0.1, 0.15) is 16.4 Å². The number of H-pyrrole nitrogens is 1. The van der Waals surface area contributed by atoms with Gasteiger partial charge in [-0.05, 0) is 54.1 Å². The summed E-state index contributed by atoms with van der Waals surface area (Å²) in [5.41, 5.74) is 1.92. The molecule has 40 heavy (non-hydrogen) atoms. The van der Waals surface area contributed by atoms with Crippen LogP contribution in [0.4, 0.5) is 11.4 Å². The van der Waals surface area contributed by atoms with Gasteiger partial charge in [-0.15, -0.1) is 0 Å². The molecule has 0 aliphatic carbocycles. The smallest absolute Gasteiger partial charge is 0.305 e. The number of carbonyl (C=O) groups is 3. The summed E-state index contributed by atoms with van der Waals surface area (Å²) in [6.07, 6.45) is 0. The van der Waals surface area contributed by atoms with Crippen LogP contribution in [0.2, 0.25) is 0 Å². The molecule has 3 atom stereocenters. The van der Waals surface area contributed by atoms with Gasteiger partial charge in [-0.1, -0.05) is 53.4 Å². The number of amides is 3. The number of thioether (sulfide) groups is 1. The maximum atomic E-state index is 13.7. The van der Waals surface area contributed by atoms with Gasteiger partial charge in [0, 0.05) is 16.5 Å². The van der Waals surface area contributed by atoms with E-state index in [2.05, 4.69) is 10.3 Å². The van der Waals surface area contributed by atoms with E-state index in [-0.39, 0.29) is 29.2 Å². The first kappa shape index (κ1) is 25.9. The largest absolute Gasteiger partial charge is 0.497 e. The number of thiazole rings is 1. The number of carbonyl (C=O) groups excluding carboxylic acids is 3. The molecule has 0 spiro atoms. The number of ether oxygens (including phenoxy) is 2. The van der Waals surface area contributed by atoms with Crippen molar-refractivity contribution in [1.82, 2.24) is 4.98 Å². The molecule has 0 bridgehead atoms. The number of aromatic nitrogens is 1. The molecule has 0 radical (unpaired) electrons. The van der Waals surface area contributed by atoms with Crippen molar-refractivity contribution < 1.29 is 23.9 Å². The Morgan fingerprint density at radius 2 is 1.62 bits per heavy atom. The Morgan fingerprint density at radius 3 is 2.33 bits per heavy atom. The molecule has 3 aromatic carbocycles. The molecule has 2 N–H and O–H groups in total. The van der Waals surface area contributed by atoms with E-state index < -0.39 is 17.1 Å². The summed E-state index contributed by atoms with van der Waals surface area (Å²) in [4.78, 5) is 56.4. The highest BCUT2D eigenvalue weighted by molar-refractivity contribution is 8.00. The van der Waals surface area contributed by atoms with Crippen molar-refractivity contribution >= 4 is 52.2 Å². The average molecular weight is 574 g/mol. The third-order valence-corrected chi connectivity index (χ3v) is 9.22. The van der Waals surface area contributed by atoms with Crippen molar-refractivity contribution in [2.45, 2.75) is 16.2 Å². The van der Waals surface area contributed by atoms with Crippen molar-refractivity contribution in [2.75, 3.05) is 23.9 Å². The molecule has 2 aliphatic rings. The molecule has 6 rings (SSSR count). The lowest BCUT2D eigenvalue weighted by atomic mass is 9.83. The number of aromatic amines is 1. The van der Waals surface area contributed by atoms with E-state index in [1.807, 2.05) is 18.2 Å². The van der Waals surface area contributed by atoms with Crippen molar-refractivity contribution in [2.24, 2.45) is 5.92 Å². The number of nitrogens with one attached hydrogen (secondary N) is 2. The van der Waals surface area contributed by atoms with E-state index in [1.54, 1.807) is 67.8 Å². The zero-order chi connectivity index (χ0) is 27.8. The van der Waals surface area contributed by atoms with Gasteiger partial charge in [0.25, 0.3) is 5.91 Å². The lowest BCUT2D eigenvalue weighted by Crippen LogP contribution is -2.32. The number of anilines is 2. The van der Waals surface area contributed by atoms with Crippen LogP contribution in [0.25, 0.3) is 0 Å². The number of rotatable bonds is 7. The minimum Gasteiger partial charge on any atom is -0.497 e. The first-order chi connectivity index (χ1) is 19.4. The molecule has 4 aromatic rings. The lowest BCUT2D eigenvalue weighted by molar-refractivity contribution is -0.122. The highest BCUT2D eigenvalue weighted by atomic mass is 32.2. The molecule has 1 fully saturated rings. The topological polar surface area (TPSA) is 118 Å². The standard InChI is InChI=1S/C29H23N3O6S2/c1-37-19-13-9-17(10-14-19)30-21(33)15-38-20-11-7-16(8-12-20)22-23-25(39-26-24(22)40-29(36)31-26)28(35)32(27(23)34)18-5-3-2-4-6-18/h2-14,22-23,25H,15H2,1H3,(H,30,33)(H,31,36)/t22-,23-,25+/m0/s1. The van der Waals surface area contributed by atoms with Crippen LogP contribution in [0.15, 0.2) is 88.7 Å². The van der Waals surface area contributed by atoms with Gasteiger partial charge in [0.2, 0.25) is 11.8 Å². The normalized spacial score (nSPS) is 19.6. The molecule has 1 aromatic heterocycles. The van der Waals surface area contributed by atoms with E-state index in [4.69, 9.17) is 9.47 Å². The molecule has 1 saturated heterocycles. The zero-order valence-corrected chi connectivity index (χ0v) is 22.8. The number of hydrogen-bond acceptors (Lipinski definition) is 8. The molecular formula is C29H23N3O6S2. The summed E-state index contributed by atoms with van der Waals surface area (Å²) in [7, 11) is 1.57. The van der Waals surface area contributed by atoms with Crippen molar-refractivity contribution in [3.05, 3.63) is 99.0 Å². The Balaban J connectivity index is 1.22. The van der Waals surface area contributed by atoms with Gasteiger partial charge in [0.15, 0.2) is 6.61 Å². The second-order valence-corrected chi connectivity index (χ2v) is 11.4. The fourth-order valence-corrected chi connectivity index (χ4v) is 7.51. The van der Waals surface area contributed by atoms with Crippen LogP contribution in [0, 0.1) is 5.92 Å². The number of benzene rings is 3. The second-order valence-electron chi connectivity index (χ2n) is 9.23. The average Bonchev–Trinajstić information content (AvgIpc) is 3.47. The van der Waals surface area contributed by atoms with Crippen LogP contribution < -0.4 is 24.6 Å². The first-order valence-corrected chi connectivity index (χ1v) is 14.1. The Morgan fingerprint density at radius 1 is 0.925 bits per heavy atom. The Hall–Kier alpha value is -4.35. The van der Waals surface area contributed by atoms with Crippen LogP contribution in [0.5, 0.6) is 11.5 Å². The number of nitrogens with zero attached hydrogens (tertiary/aromatic N) is 1. The highest BCUT2D eigenvalue weighted by Gasteiger charge is 2.56.